The van der Waals surface area contributed by atoms with E-state index in [4.69, 9.17) is 16.6 Å². The lowest BCUT2D eigenvalue weighted by Gasteiger charge is -2.30. The fraction of sp³-hybridized carbons (Fsp3) is 0.370. The fourth-order valence-electron chi connectivity index (χ4n) is 4.39. The monoisotopic (exact) mass is 510 g/mol. The number of hydrogen-bond acceptors (Lipinski definition) is 6. The molecule has 0 aliphatic heterocycles. The van der Waals surface area contributed by atoms with Crippen LogP contribution in [0.2, 0.25) is 5.02 Å². The van der Waals surface area contributed by atoms with Gasteiger partial charge in [0, 0.05) is 30.4 Å². The Hall–Kier alpha value is -3.23. The third-order valence-electron chi connectivity index (χ3n) is 6.15. The number of amides is 1. The topological polar surface area (TPSA) is 82.2 Å². The maximum absolute atomic E-state index is 13.5. The Bertz CT molecular complexity index is 1180. The first-order valence-corrected chi connectivity index (χ1v) is 12.6. The molecule has 1 aliphatic rings. The summed E-state index contributed by atoms with van der Waals surface area (Å²) in [6.45, 7) is 0.870. The lowest BCUT2D eigenvalue weighted by atomic mass is 9.91. The maximum Gasteiger partial charge on any atom is 0.234 e. The Kier molecular flexibility index (Phi) is 8.72. The smallest absolute Gasteiger partial charge is 0.234 e. The highest BCUT2D eigenvalue weighted by Crippen LogP contribution is 2.30. The largest absolute Gasteiger partial charge is 0.367 e. The second-order valence-electron chi connectivity index (χ2n) is 9.44. The molecule has 0 bridgehead atoms. The van der Waals surface area contributed by atoms with Crippen molar-refractivity contribution in [2.45, 2.75) is 44.3 Å². The summed E-state index contributed by atoms with van der Waals surface area (Å²) in [5.41, 5.74) is 2.35. The van der Waals surface area contributed by atoms with Crippen LogP contribution in [0.25, 0.3) is 11.3 Å². The Morgan fingerprint density at radius 1 is 1.06 bits per heavy atom. The van der Waals surface area contributed by atoms with Crippen molar-refractivity contribution in [1.29, 1.82) is 0 Å². The summed E-state index contributed by atoms with van der Waals surface area (Å²) in [5.74, 6) is 1.23. The van der Waals surface area contributed by atoms with Gasteiger partial charge >= 0.3 is 0 Å². The van der Waals surface area contributed by atoms with Gasteiger partial charge in [0.2, 0.25) is 5.91 Å². The molecule has 4 rings (SSSR count). The van der Waals surface area contributed by atoms with Crippen LogP contribution in [-0.4, -0.2) is 53.5 Å². The van der Waals surface area contributed by atoms with E-state index in [0.29, 0.717) is 23.9 Å². The van der Waals surface area contributed by atoms with Crippen molar-refractivity contribution in [2.24, 2.45) is 0 Å². The van der Waals surface area contributed by atoms with Crippen LogP contribution in [0.4, 0.5) is 16.0 Å². The summed E-state index contributed by atoms with van der Waals surface area (Å²) in [4.78, 5) is 23.1. The fourth-order valence-corrected chi connectivity index (χ4v) is 4.59. The van der Waals surface area contributed by atoms with Gasteiger partial charge in [-0.05, 0) is 75.7 Å². The zero-order valence-corrected chi connectivity index (χ0v) is 21.4. The van der Waals surface area contributed by atoms with Gasteiger partial charge in [-0.25, -0.2) is 14.4 Å². The maximum atomic E-state index is 13.5. The molecular weight excluding hydrogens is 479 g/mol. The molecule has 1 saturated carbocycles. The second kappa shape index (κ2) is 12.1. The number of nitrogens with zero attached hydrogens (tertiary/aromatic N) is 3. The molecule has 0 spiro atoms. The Labute approximate surface area is 216 Å². The lowest BCUT2D eigenvalue weighted by Crippen LogP contribution is -2.43. The first-order chi connectivity index (χ1) is 17.4. The minimum atomic E-state index is -0.262. The van der Waals surface area contributed by atoms with E-state index < -0.39 is 0 Å². The van der Waals surface area contributed by atoms with Gasteiger partial charge in [-0.2, -0.15) is 0 Å². The van der Waals surface area contributed by atoms with Crippen molar-refractivity contribution in [2.75, 3.05) is 31.3 Å². The second-order valence-corrected chi connectivity index (χ2v) is 9.85. The molecule has 9 heteroatoms. The molecule has 1 amide bonds. The minimum Gasteiger partial charge on any atom is -0.367 e. The number of hydrogen-bond donors (Lipinski definition) is 3. The van der Waals surface area contributed by atoms with E-state index in [9.17, 15) is 9.18 Å². The standard InChI is InChI=1S/C27H32ClFN6O/c1-35(2)17-27(36)33-21-11-9-20(10-12-21)32-26-14-22(23(28)16-31-26)24-7-4-8-25(34-24)30-15-18-5-3-6-19(29)13-18/h3-8,13-14,16,20-21H,9-12,15,17H2,1-2H3,(H,30,34)(H,31,32)(H,33,36)/t20-,21-. The zero-order valence-electron chi connectivity index (χ0n) is 20.6. The molecule has 1 aliphatic carbocycles. The molecule has 1 aromatic carbocycles. The van der Waals surface area contributed by atoms with Crippen molar-refractivity contribution >= 4 is 29.1 Å². The molecule has 2 heterocycles. The molecule has 2 aromatic heterocycles. The van der Waals surface area contributed by atoms with Crippen LogP contribution in [0, 0.1) is 5.82 Å². The van der Waals surface area contributed by atoms with Gasteiger partial charge in [0.25, 0.3) is 0 Å². The van der Waals surface area contributed by atoms with Gasteiger partial charge in [0.15, 0.2) is 0 Å². The highest BCUT2D eigenvalue weighted by atomic mass is 35.5. The molecule has 0 saturated heterocycles. The Balaban J connectivity index is 1.36. The molecule has 36 heavy (non-hydrogen) atoms. The van der Waals surface area contributed by atoms with E-state index in [-0.39, 0.29) is 23.8 Å². The van der Waals surface area contributed by atoms with Crippen molar-refractivity contribution in [3.8, 4) is 11.3 Å². The SMILES string of the molecule is CN(C)CC(=O)N[C@H]1CC[C@H](Nc2cc(-c3cccc(NCc4cccc(F)c4)n3)c(Cl)cn2)CC1. The van der Waals surface area contributed by atoms with Gasteiger partial charge in [0.05, 0.1) is 17.3 Å². The van der Waals surface area contributed by atoms with E-state index in [2.05, 4.69) is 20.9 Å². The van der Waals surface area contributed by atoms with Gasteiger partial charge in [-0.1, -0.05) is 29.8 Å². The van der Waals surface area contributed by atoms with Crippen LogP contribution in [0.5, 0.6) is 0 Å². The summed E-state index contributed by atoms with van der Waals surface area (Å²) in [7, 11) is 3.78. The Morgan fingerprint density at radius 3 is 2.56 bits per heavy atom. The molecule has 7 nitrogen and oxygen atoms in total. The van der Waals surface area contributed by atoms with Crippen LogP contribution in [0.1, 0.15) is 31.2 Å². The third-order valence-corrected chi connectivity index (χ3v) is 6.45. The number of aromatic nitrogens is 2. The van der Waals surface area contributed by atoms with Crippen molar-refractivity contribution in [1.82, 2.24) is 20.2 Å². The van der Waals surface area contributed by atoms with Crippen LogP contribution in [-0.2, 0) is 11.3 Å². The number of pyridine rings is 2. The number of carbonyl (C=O) groups excluding carboxylic acids is 1. The van der Waals surface area contributed by atoms with Crippen molar-refractivity contribution < 1.29 is 9.18 Å². The Morgan fingerprint density at radius 2 is 1.81 bits per heavy atom. The predicted molar refractivity (Wildman–Crippen MR) is 143 cm³/mol. The first kappa shape index (κ1) is 25.9. The summed E-state index contributed by atoms with van der Waals surface area (Å²) in [5, 5.41) is 10.4. The number of halogens is 2. The number of rotatable bonds is 9. The highest BCUT2D eigenvalue weighted by Gasteiger charge is 2.23. The normalized spacial score (nSPS) is 17.6. The summed E-state index contributed by atoms with van der Waals surface area (Å²) >= 11 is 6.48. The van der Waals surface area contributed by atoms with Gasteiger partial charge in [-0.15, -0.1) is 0 Å². The average Bonchev–Trinajstić information content (AvgIpc) is 2.85. The molecule has 3 aromatic rings. The molecule has 190 valence electrons. The lowest BCUT2D eigenvalue weighted by molar-refractivity contribution is -0.122. The number of carbonyl (C=O) groups is 1. The molecule has 3 N–H and O–H groups in total. The predicted octanol–water partition coefficient (Wildman–Crippen LogP) is 4.95. The van der Waals surface area contributed by atoms with Gasteiger partial charge in [0.1, 0.15) is 17.5 Å². The third kappa shape index (κ3) is 7.38. The van der Waals surface area contributed by atoms with Crippen LogP contribution < -0.4 is 16.0 Å². The molecule has 0 radical (unpaired) electrons. The summed E-state index contributed by atoms with van der Waals surface area (Å²) < 4.78 is 13.5. The molecular formula is C27H32ClFN6O. The van der Waals surface area contributed by atoms with Gasteiger partial charge < -0.3 is 20.9 Å². The van der Waals surface area contributed by atoms with Crippen molar-refractivity contribution in [3.63, 3.8) is 0 Å². The quantitative estimate of drug-likeness (QED) is 0.378. The van der Waals surface area contributed by atoms with E-state index in [1.165, 1.54) is 12.1 Å². The van der Waals surface area contributed by atoms with Crippen molar-refractivity contribution in [3.05, 3.63) is 71.1 Å². The highest BCUT2D eigenvalue weighted by molar-refractivity contribution is 6.33. The van der Waals surface area contributed by atoms with Gasteiger partial charge in [-0.3, -0.25) is 4.79 Å². The summed E-state index contributed by atoms with van der Waals surface area (Å²) in [6.07, 6.45) is 5.39. The molecule has 0 unspecified atom stereocenters. The summed E-state index contributed by atoms with van der Waals surface area (Å²) in [6, 6.07) is 14.6. The van der Waals surface area contributed by atoms with Crippen LogP contribution in [0.15, 0.2) is 54.7 Å². The first-order valence-electron chi connectivity index (χ1n) is 12.2. The number of nitrogens with one attached hydrogen (secondary N) is 3. The zero-order chi connectivity index (χ0) is 25.5. The van der Waals surface area contributed by atoms with E-state index in [1.807, 2.05) is 49.3 Å². The van der Waals surface area contributed by atoms with Crippen LogP contribution >= 0.6 is 11.6 Å². The van der Waals surface area contributed by atoms with E-state index >= 15 is 0 Å². The van der Waals surface area contributed by atoms with Crippen LogP contribution in [0.3, 0.4) is 0 Å². The van der Waals surface area contributed by atoms with E-state index in [0.717, 1.165) is 48.3 Å². The number of benzene rings is 1. The van der Waals surface area contributed by atoms with E-state index in [1.54, 1.807) is 12.3 Å². The number of anilines is 2. The minimum absolute atomic E-state index is 0.0700. The molecule has 1 fully saturated rings. The number of likely N-dealkylation sites (N-methyl/N-ethyl adjacent to an activating group) is 1. The molecule has 0 atom stereocenters. The average molecular weight is 511 g/mol.